The Morgan fingerprint density at radius 2 is 2.00 bits per heavy atom. The monoisotopic (exact) mass is 328 g/mol. The number of carbonyl (C=O) groups excluding carboxylic acids is 1. The maximum Gasteiger partial charge on any atom is 0.247 e. The molecule has 1 fully saturated rings. The molecule has 24 heavy (non-hydrogen) atoms. The van der Waals surface area contributed by atoms with Crippen molar-refractivity contribution in [3.8, 4) is 11.5 Å². The second-order valence-corrected chi connectivity index (χ2v) is 6.19. The van der Waals surface area contributed by atoms with Crippen LogP contribution in [-0.4, -0.2) is 40.6 Å². The normalized spacial score (nSPS) is 17.6. The smallest absolute Gasteiger partial charge is 0.247 e. The van der Waals surface area contributed by atoms with E-state index in [0.717, 1.165) is 31.5 Å². The van der Waals surface area contributed by atoms with E-state index in [-0.39, 0.29) is 17.9 Å². The third kappa shape index (κ3) is 3.64. The summed E-state index contributed by atoms with van der Waals surface area (Å²) in [6, 6.07) is 9.84. The average Bonchev–Trinajstić information content (AvgIpc) is 3.12. The lowest BCUT2D eigenvalue weighted by atomic mass is 9.95. The summed E-state index contributed by atoms with van der Waals surface area (Å²) in [6.45, 7) is 6.46. The Balaban J connectivity index is 1.61. The molecule has 2 heterocycles. The first-order valence-electron chi connectivity index (χ1n) is 8.59. The number of piperidine rings is 1. The summed E-state index contributed by atoms with van der Waals surface area (Å²) in [7, 11) is 0. The van der Waals surface area contributed by atoms with Gasteiger partial charge >= 0.3 is 0 Å². The highest BCUT2D eigenvalue weighted by atomic mass is 16.4. The molecule has 6 nitrogen and oxygen atoms in total. The van der Waals surface area contributed by atoms with E-state index in [1.165, 1.54) is 0 Å². The first-order chi connectivity index (χ1) is 11.7. The lowest BCUT2D eigenvalue weighted by Gasteiger charge is -2.33. The molecular weight excluding hydrogens is 304 g/mol. The summed E-state index contributed by atoms with van der Waals surface area (Å²) in [4.78, 5) is 14.2. The van der Waals surface area contributed by atoms with Gasteiger partial charge in [0, 0.05) is 18.0 Å². The molecule has 1 aromatic heterocycles. The molecule has 0 aliphatic carbocycles. The number of nitrogens with one attached hydrogen (secondary N) is 1. The zero-order valence-electron chi connectivity index (χ0n) is 14.2. The number of nitrogens with zero attached hydrogens (tertiary/aromatic N) is 3. The fourth-order valence-electron chi connectivity index (χ4n) is 3.12. The van der Waals surface area contributed by atoms with Crippen LogP contribution in [-0.2, 0) is 4.79 Å². The molecule has 6 heteroatoms. The predicted molar refractivity (Wildman–Crippen MR) is 91.1 cm³/mol. The Morgan fingerprint density at radius 1 is 1.29 bits per heavy atom. The van der Waals surface area contributed by atoms with E-state index in [1.54, 1.807) is 0 Å². The maximum atomic E-state index is 11.9. The lowest BCUT2D eigenvalue weighted by Crippen LogP contribution is -2.41. The van der Waals surface area contributed by atoms with Gasteiger partial charge in [0.1, 0.15) is 0 Å². The summed E-state index contributed by atoms with van der Waals surface area (Å²) in [5.41, 5.74) is 0.929. The molecule has 128 valence electrons. The van der Waals surface area contributed by atoms with E-state index in [0.29, 0.717) is 18.3 Å². The highest BCUT2D eigenvalue weighted by Crippen LogP contribution is 2.27. The topological polar surface area (TPSA) is 71.3 Å². The van der Waals surface area contributed by atoms with Crippen LogP contribution in [0.3, 0.4) is 0 Å². The fourth-order valence-corrected chi connectivity index (χ4v) is 3.12. The van der Waals surface area contributed by atoms with E-state index in [2.05, 4.69) is 27.3 Å². The van der Waals surface area contributed by atoms with Crippen LogP contribution >= 0.6 is 0 Å². The molecule has 1 aliphatic heterocycles. The molecule has 0 bridgehead atoms. The number of carbonyl (C=O) groups is 1. The van der Waals surface area contributed by atoms with Crippen molar-refractivity contribution in [1.29, 1.82) is 0 Å². The van der Waals surface area contributed by atoms with Gasteiger partial charge in [0.25, 0.3) is 0 Å². The van der Waals surface area contributed by atoms with E-state index in [9.17, 15) is 4.79 Å². The molecule has 0 radical (unpaired) electrons. The molecule has 1 N–H and O–H groups in total. The van der Waals surface area contributed by atoms with Gasteiger partial charge in [-0.25, -0.2) is 0 Å². The fraction of sp³-hybridized carbons (Fsp3) is 0.500. The van der Waals surface area contributed by atoms with Crippen molar-refractivity contribution in [1.82, 2.24) is 20.4 Å². The second-order valence-electron chi connectivity index (χ2n) is 6.19. The van der Waals surface area contributed by atoms with E-state index in [4.69, 9.17) is 4.42 Å². The number of amides is 1. The van der Waals surface area contributed by atoms with Crippen LogP contribution in [0.4, 0.5) is 0 Å². The molecule has 0 spiro atoms. The Kier molecular flexibility index (Phi) is 5.25. The van der Waals surface area contributed by atoms with Crippen LogP contribution in [0.5, 0.6) is 0 Å². The molecule has 1 aromatic carbocycles. The van der Waals surface area contributed by atoms with Crippen molar-refractivity contribution >= 4 is 5.91 Å². The number of benzene rings is 1. The quantitative estimate of drug-likeness (QED) is 0.913. The third-order valence-corrected chi connectivity index (χ3v) is 4.62. The van der Waals surface area contributed by atoms with Gasteiger partial charge in [0.05, 0.1) is 6.04 Å². The zero-order chi connectivity index (χ0) is 16.9. The largest absolute Gasteiger partial charge is 0.419 e. The average molecular weight is 328 g/mol. The Labute approximate surface area is 142 Å². The molecule has 3 rings (SSSR count). The van der Waals surface area contributed by atoms with E-state index in [1.807, 2.05) is 37.3 Å². The van der Waals surface area contributed by atoms with Crippen LogP contribution in [0.1, 0.15) is 38.6 Å². The molecule has 0 unspecified atom stereocenters. The summed E-state index contributed by atoms with van der Waals surface area (Å²) in [6.07, 6.45) is 1.74. The first kappa shape index (κ1) is 16.6. The molecule has 0 saturated carbocycles. The van der Waals surface area contributed by atoms with Gasteiger partial charge in [-0.15, -0.1) is 10.2 Å². The van der Waals surface area contributed by atoms with Gasteiger partial charge in [-0.05, 0) is 51.9 Å². The van der Waals surface area contributed by atoms with E-state index >= 15 is 0 Å². The van der Waals surface area contributed by atoms with Gasteiger partial charge in [0.15, 0.2) is 0 Å². The summed E-state index contributed by atoms with van der Waals surface area (Å²) < 4.78 is 5.85. The van der Waals surface area contributed by atoms with Gasteiger partial charge in [-0.3, -0.25) is 9.69 Å². The van der Waals surface area contributed by atoms with Gasteiger partial charge in [0.2, 0.25) is 17.7 Å². The molecule has 1 saturated heterocycles. The SMILES string of the molecule is CCNC(=O)C1CCN([C@@H](C)c2nnc(-c3ccccc3)o2)CC1. The van der Waals surface area contributed by atoms with Crippen molar-refractivity contribution in [3.05, 3.63) is 36.2 Å². The van der Waals surface area contributed by atoms with Crippen molar-refractivity contribution in [3.63, 3.8) is 0 Å². The number of hydrogen-bond donors (Lipinski definition) is 1. The van der Waals surface area contributed by atoms with Crippen molar-refractivity contribution in [2.24, 2.45) is 5.92 Å². The number of hydrogen-bond acceptors (Lipinski definition) is 5. The minimum absolute atomic E-state index is 0.0603. The molecular formula is C18H24N4O2. The molecule has 1 aliphatic rings. The Hall–Kier alpha value is -2.21. The van der Waals surface area contributed by atoms with Crippen molar-refractivity contribution in [2.45, 2.75) is 32.7 Å². The minimum Gasteiger partial charge on any atom is -0.419 e. The van der Waals surface area contributed by atoms with Crippen molar-refractivity contribution in [2.75, 3.05) is 19.6 Å². The zero-order valence-corrected chi connectivity index (χ0v) is 14.2. The summed E-state index contributed by atoms with van der Waals surface area (Å²) in [5.74, 6) is 1.48. The second kappa shape index (κ2) is 7.57. The number of likely N-dealkylation sites (tertiary alicyclic amines) is 1. The maximum absolute atomic E-state index is 11.9. The standard InChI is InChI=1S/C18H24N4O2/c1-3-19-16(23)14-9-11-22(12-10-14)13(2)17-20-21-18(24-17)15-7-5-4-6-8-15/h4-8,13-14H,3,9-12H2,1-2H3,(H,19,23)/t13-/m0/s1. The van der Waals surface area contributed by atoms with Crippen LogP contribution in [0, 0.1) is 5.92 Å². The highest BCUT2D eigenvalue weighted by molar-refractivity contribution is 5.78. The van der Waals surface area contributed by atoms with Crippen molar-refractivity contribution < 1.29 is 9.21 Å². The molecule has 1 atom stereocenters. The van der Waals surface area contributed by atoms with Crippen LogP contribution < -0.4 is 5.32 Å². The van der Waals surface area contributed by atoms with Gasteiger partial charge in [-0.1, -0.05) is 18.2 Å². The third-order valence-electron chi connectivity index (χ3n) is 4.62. The lowest BCUT2D eigenvalue weighted by molar-refractivity contribution is -0.126. The molecule has 2 aromatic rings. The summed E-state index contributed by atoms with van der Waals surface area (Å²) in [5, 5.41) is 11.3. The number of aromatic nitrogens is 2. The summed E-state index contributed by atoms with van der Waals surface area (Å²) >= 11 is 0. The van der Waals surface area contributed by atoms with Gasteiger partial charge < -0.3 is 9.73 Å². The minimum atomic E-state index is 0.0603. The number of rotatable bonds is 5. The van der Waals surface area contributed by atoms with Crippen LogP contribution in [0.15, 0.2) is 34.7 Å². The first-order valence-corrected chi connectivity index (χ1v) is 8.59. The predicted octanol–water partition coefficient (Wildman–Crippen LogP) is 2.65. The van der Waals surface area contributed by atoms with Crippen LogP contribution in [0.2, 0.25) is 0 Å². The molecule has 1 amide bonds. The highest BCUT2D eigenvalue weighted by Gasteiger charge is 2.29. The van der Waals surface area contributed by atoms with Gasteiger partial charge in [-0.2, -0.15) is 0 Å². The Morgan fingerprint density at radius 3 is 2.67 bits per heavy atom. The van der Waals surface area contributed by atoms with Crippen LogP contribution in [0.25, 0.3) is 11.5 Å². The Bertz CT molecular complexity index is 663. The van der Waals surface area contributed by atoms with E-state index < -0.39 is 0 Å².